The van der Waals surface area contributed by atoms with Gasteiger partial charge in [-0.3, -0.25) is 14.4 Å². The number of amides is 3. The van der Waals surface area contributed by atoms with Crippen LogP contribution in [0.25, 0.3) is 10.2 Å². The van der Waals surface area contributed by atoms with E-state index in [9.17, 15) is 27.6 Å². The minimum absolute atomic E-state index is 0.0350. The Morgan fingerprint density at radius 1 is 1.00 bits per heavy atom. The number of nitrogens with one attached hydrogen (secondary N) is 3. The molecule has 3 heterocycles. The summed E-state index contributed by atoms with van der Waals surface area (Å²) >= 11 is 1.35. The molecule has 1 aromatic heterocycles. The van der Waals surface area contributed by atoms with Gasteiger partial charge in [-0.05, 0) is 68.1 Å². The maximum Gasteiger partial charge on any atom is 0.416 e. The van der Waals surface area contributed by atoms with Crippen molar-refractivity contribution < 1.29 is 37.1 Å². The molecule has 0 radical (unpaired) electrons. The fourth-order valence-electron chi connectivity index (χ4n) is 6.88. The van der Waals surface area contributed by atoms with E-state index in [1.165, 1.54) is 28.4 Å². The van der Waals surface area contributed by atoms with Crippen molar-refractivity contribution in [3.05, 3.63) is 96.6 Å². The second kappa shape index (κ2) is 14.9. The number of carbonyl (C=O) groups is 3. The molecule has 3 amide bonds. The van der Waals surface area contributed by atoms with Crippen LogP contribution in [0.15, 0.2) is 91.0 Å². The zero-order chi connectivity index (χ0) is 36.3. The molecule has 3 aromatic carbocycles. The lowest BCUT2D eigenvalue weighted by Crippen LogP contribution is -2.57. The number of para-hydroxylation sites is 2. The highest BCUT2D eigenvalue weighted by molar-refractivity contribution is 7.20. The number of aromatic nitrogens is 1. The van der Waals surface area contributed by atoms with Gasteiger partial charge in [-0.15, -0.1) is 0 Å². The summed E-state index contributed by atoms with van der Waals surface area (Å²) in [5.74, 6) is -1.38. The first-order valence-electron chi connectivity index (χ1n) is 17.4. The number of hydroxylamine groups is 1. The van der Waals surface area contributed by atoms with Gasteiger partial charge < -0.3 is 25.1 Å². The number of hydrogen-bond donors (Lipinski definition) is 3. The second-order valence-electron chi connectivity index (χ2n) is 13.4. The minimum atomic E-state index is -4.56. The average molecular weight is 734 g/mol. The number of halogens is 3. The van der Waals surface area contributed by atoms with Gasteiger partial charge in [-0.1, -0.05) is 72.7 Å². The molecule has 5 atom stereocenters. The third-order valence-electron chi connectivity index (χ3n) is 9.72. The van der Waals surface area contributed by atoms with Crippen LogP contribution in [0.1, 0.15) is 50.5 Å². The highest BCUT2D eigenvalue weighted by Gasteiger charge is 2.61. The molecule has 0 spiro atoms. The molecule has 1 saturated heterocycles. The summed E-state index contributed by atoms with van der Waals surface area (Å²) in [5, 5.41) is 6.41. The Morgan fingerprint density at radius 3 is 2.62 bits per heavy atom. The number of ether oxygens (including phenoxy) is 1. The Kier molecular flexibility index (Phi) is 10.1. The van der Waals surface area contributed by atoms with E-state index < -0.39 is 53.2 Å². The SMILES string of the molecule is O=C1N[C@]2(C(=O)NOc3ccccc3)C[C@H]2C=CCCCCC[C@H](Nc2cccc(C(F)(F)F)c2)C(=O)N2C[C@H](Oc3nc4ccccc4s3)C[C@@H]12. The summed E-state index contributed by atoms with van der Waals surface area (Å²) in [6.45, 7) is 0.0350. The summed E-state index contributed by atoms with van der Waals surface area (Å²) in [5.41, 5.74) is 1.26. The van der Waals surface area contributed by atoms with E-state index in [4.69, 9.17) is 9.57 Å². The summed E-state index contributed by atoms with van der Waals surface area (Å²) < 4.78 is 48.0. The van der Waals surface area contributed by atoms with Gasteiger partial charge in [0.2, 0.25) is 11.8 Å². The molecule has 14 heteroatoms. The van der Waals surface area contributed by atoms with Gasteiger partial charge in [0.15, 0.2) is 5.75 Å². The molecule has 1 saturated carbocycles. The summed E-state index contributed by atoms with van der Waals surface area (Å²) in [6.07, 6.45) is 2.47. The topological polar surface area (TPSA) is 122 Å². The van der Waals surface area contributed by atoms with E-state index in [0.29, 0.717) is 30.2 Å². The van der Waals surface area contributed by atoms with E-state index >= 15 is 0 Å². The van der Waals surface area contributed by atoms with Crippen LogP contribution in [0.2, 0.25) is 0 Å². The highest BCUT2D eigenvalue weighted by atomic mass is 32.1. The number of fused-ring (bicyclic) bond motifs is 3. The van der Waals surface area contributed by atoms with Crippen molar-refractivity contribution in [2.45, 2.75) is 74.8 Å². The third kappa shape index (κ3) is 7.86. The van der Waals surface area contributed by atoms with E-state index in [1.807, 2.05) is 42.5 Å². The molecule has 0 bridgehead atoms. The molecule has 272 valence electrons. The number of allylic oxidation sites excluding steroid dienone is 1. The van der Waals surface area contributed by atoms with Crippen LogP contribution in [0.4, 0.5) is 18.9 Å². The quantitative estimate of drug-likeness (QED) is 0.144. The molecular formula is C38H38F3N5O5S. The molecule has 4 aromatic rings. The van der Waals surface area contributed by atoms with Gasteiger partial charge >= 0.3 is 6.18 Å². The van der Waals surface area contributed by atoms with Crippen LogP contribution in [-0.2, 0) is 20.6 Å². The molecule has 52 heavy (non-hydrogen) atoms. The fraction of sp³-hybridized carbons (Fsp3) is 0.368. The Labute approximate surface area is 302 Å². The lowest BCUT2D eigenvalue weighted by atomic mass is 10.0. The Hall–Kier alpha value is -5.11. The first kappa shape index (κ1) is 35.3. The number of benzene rings is 3. The predicted octanol–water partition coefficient (Wildman–Crippen LogP) is 6.65. The van der Waals surface area contributed by atoms with Gasteiger partial charge in [-0.2, -0.15) is 18.7 Å². The van der Waals surface area contributed by atoms with Crippen molar-refractivity contribution >= 4 is 45.0 Å². The number of thiazole rings is 1. The zero-order valence-corrected chi connectivity index (χ0v) is 28.9. The van der Waals surface area contributed by atoms with E-state index in [-0.39, 0.29) is 24.6 Å². The predicted molar refractivity (Wildman–Crippen MR) is 189 cm³/mol. The minimum Gasteiger partial charge on any atom is -0.465 e. The zero-order valence-electron chi connectivity index (χ0n) is 28.1. The molecule has 3 aliphatic rings. The molecule has 3 N–H and O–H groups in total. The normalized spacial score (nSPS) is 25.2. The number of alkyl halides is 3. The third-order valence-corrected chi connectivity index (χ3v) is 10.6. The first-order chi connectivity index (χ1) is 25.1. The smallest absolute Gasteiger partial charge is 0.416 e. The van der Waals surface area contributed by atoms with Crippen LogP contribution in [0.5, 0.6) is 10.9 Å². The van der Waals surface area contributed by atoms with Crippen LogP contribution in [0, 0.1) is 5.92 Å². The summed E-state index contributed by atoms with van der Waals surface area (Å²) in [7, 11) is 0. The van der Waals surface area contributed by atoms with Gasteiger partial charge in [0.05, 0.1) is 22.3 Å². The molecule has 0 unspecified atom stereocenters. The van der Waals surface area contributed by atoms with Crippen molar-refractivity contribution in [1.82, 2.24) is 20.7 Å². The number of carbonyl (C=O) groups excluding carboxylic acids is 3. The number of rotatable bonds is 7. The molecule has 7 rings (SSSR count). The average Bonchev–Trinajstić information content (AvgIpc) is 3.43. The number of hydrogen-bond acceptors (Lipinski definition) is 8. The summed E-state index contributed by atoms with van der Waals surface area (Å²) in [6, 6.07) is 19.1. The second-order valence-corrected chi connectivity index (χ2v) is 14.4. The molecule has 1 aliphatic carbocycles. The Bertz CT molecular complexity index is 1920. The fourth-order valence-corrected chi connectivity index (χ4v) is 7.76. The van der Waals surface area contributed by atoms with Gasteiger partial charge in [0.1, 0.15) is 23.7 Å². The number of anilines is 1. The standard InChI is InChI=1S/C38H38F3N5O5S/c39-38(40,41)24-13-11-14-26(20-24)42-30-18-8-3-1-2-5-12-25-22-37(25,35(49)45-51-27-15-6-4-7-16-27)44-33(47)31-21-28(23-46(31)34(30)48)50-36-43-29-17-9-10-19-32(29)52-36/h4-7,9-17,19-20,25,28,30-31,42H,1-3,8,18,21-23H2,(H,44,47)(H,45,49)/t25-,28-,30+,31+,37-/m1/s1. The van der Waals surface area contributed by atoms with Crippen LogP contribution in [0.3, 0.4) is 0 Å². The Balaban J connectivity index is 1.17. The van der Waals surface area contributed by atoms with Crippen molar-refractivity contribution in [2.24, 2.45) is 5.92 Å². The van der Waals surface area contributed by atoms with Crippen molar-refractivity contribution in [1.29, 1.82) is 0 Å². The lowest BCUT2D eigenvalue weighted by molar-refractivity contribution is -0.141. The van der Waals surface area contributed by atoms with Crippen LogP contribution >= 0.6 is 11.3 Å². The van der Waals surface area contributed by atoms with Crippen molar-refractivity contribution in [3.8, 4) is 10.9 Å². The highest BCUT2D eigenvalue weighted by Crippen LogP contribution is 2.46. The number of nitrogens with zero attached hydrogens (tertiary/aromatic N) is 2. The van der Waals surface area contributed by atoms with Crippen molar-refractivity contribution in [2.75, 3.05) is 11.9 Å². The largest absolute Gasteiger partial charge is 0.465 e. The molecule has 2 aliphatic heterocycles. The molecular weight excluding hydrogens is 696 g/mol. The lowest BCUT2D eigenvalue weighted by Gasteiger charge is -2.30. The van der Waals surface area contributed by atoms with E-state index in [0.717, 1.165) is 41.6 Å². The molecule has 2 fully saturated rings. The van der Waals surface area contributed by atoms with Crippen LogP contribution in [-0.4, -0.2) is 57.9 Å². The Morgan fingerprint density at radius 2 is 1.81 bits per heavy atom. The van der Waals surface area contributed by atoms with Gasteiger partial charge in [-0.25, -0.2) is 4.98 Å². The maximum absolute atomic E-state index is 14.5. The molecule has 10 nitrogen and oxygen atoms in total. The first-order valence-corrected chi connectivity index (χ1v) is 18.2. The summed E-state index contributed by atoms with van der Waals surface area (Å²) in [4.78, 5) is 54.0. The van der Waals surface area contributed by atoms with Gasteiger partial charge in [0, 0.05) is 18.0 Å². The van der Waals surface area contributed by atoms with Crippen molar-refractivity contribution in [3.63, 3.8) is 0 Å². The monoisotopic (exact) mass is 733 g/mol. The van der Waals surface area contributed by atoms with E-state index in [2.05, 4.69) is 21.1 Å². The van der Waals surface area contributed by atoms with Crippen LogP contribution < -0.4 is 25.7 Å². The maximum atomic E-state index is 14.5. The van der Waals surface area contributed by atoms with E-state index in [1.54, 1.807) is 24.3 Å². The van der Waals surface area contributed by atoms with Gasteiger partial charge in [0.25, 0.3) is 11.1 Å².